The van der Waals surface area contributed by atoms with E-state index in [0.717, 1.165) is 11.6 Å². The summed E-state index contributed by atoms with van der Waals surface area (Å²) in [6.07, 6.45) is 1.77. The number of rotatable bonds is 4. The van der Waals surface area contributed by atoms with Gasteiger partial charge in [-0.2, -0.15) is 16.7 Å². The molecule has 1 aliphatic heterocycles. The Morgan fingerprint density at radius 3 is 3.10 bits per heavy atom. The average Bonchev–Trinajstić information content (AvgIpc) is 3.08. The summed E-state index contributed by atoms with van der Waals surface area (Å²) in [5.41, 5.74) is 6.08. The van der Waals surface area contributed by atoms with Gasteiger partial charge in [0.05, 0.1) is 18.0 Å². The first-order valence-electron chi connectivity index (χ1n) is 6.45. The second kappa shape index (κ2) is 6.15. The first kappa shape index (κ1) is 13.9. The van der Waals surface area contributed by atoms with Crippen LogP contribution in [0.4, 0.5) is 0 Å². The van der Waals surface area contributed by atoms with Crippen molar-refractivity contribution in [2.45, 2.75) is 24.0 Å². The predicted molar refractivity (Wildman–Crippen MR) is 79.5 cm³/mol. The van der Waals surface area contributed by atoms with Crippen LogP contribution in [0.15, 0.2) is 10.7 Å². The maximum atomic E-state index is 5.48. The highest BCUT2D eigenvalue weighted by Gasteiger charge is 2.29. The van der Waals surface area contributed by atoms with Crippen molar-refractivity contribution in [2.24, 2.45) is 5.73 Å². The lowest BCUT2D eigenvalue weighted by Gasteiger charge is -2.24. The smallest absolute Gasteiger partial charge is 0.280 e. The minimum absolute atomic E-state index is 0.283. The second-order valence-electron chi connectivity index (χ2n) is 4.48. The van der Waals surface area contributed by atoms with Gasteiger partial charge >= 0.3 is 0 Å². The van der Waals surface area contributed by atoms with E-state index >= 15 is 0 Å². The summed E-state index contributed by atoms with van der Waals surface area (Å²) in [4.78, 5) is 4.47. The third kappa shape index (κ3) is 2.84. The first-order valence-corrected chi connectivity index (χ1v) is 8.55. The van der Waals surface area contributed by atoms with Crippen molar-refractivity contribution in [1.82, 2.24) is 25.1 Å². The fraction of sp³-hybridized carbons (Fsp3) is 0.636. The van der Waals surface area contributed by atoms with E-state index in [1.165, 1.54) is 5.75 Å². The van der Waals surface area contributed by atoms with Crippen LogP contribution in [-0.4, -0.2) is 48.4 Å². The molecule has 2 aromatic rings. The lowest BCUT2D eigenvalue weighted by molar-refractivity contribution is 0.420. The molecule has 108 valence electrons. The van der Waals surface area contributed by atoms with Crippen LogP contribution in [-0.2, 0) is 6.54 Å². The van der Waals surface area contributed by atoms with Gasteiger partial charge < -0.3 is 10.3 Å². The molecule has 1 saturated heterocycles. The fourth-order valence-electron chi connectivity index (χ4n) is 2.01. The molecule has 0 radical (unpaired) electrons. The minimum Gasteiger partial charge on any atom is -0.332 e. The topological polar surface area (TPSA) is 95.7 Å². The zero-order valence-electron chi connectivity index (χ0n) is 11.1. The highest BCUT2D eigenvalue weighted by atomic mass is 32.2. The van der Waals surface area contributed by atoms with Crippen molar-refractivity contribution in [3.05, 3.63) is 12.0 Å². The lowest BCUT2D eigenvalue weighted by atomic mass is 10.3. The fourth-order valence-corrected chi connectivity index (χ4v) is 4.69. The van der Waals surface area contributed by atoms with Crippen molar-refractivity contribution < 1.29 is 4.52 Å². The molecule has 0 saturated carbocycles. The van der Waals surface area contributed by atoms with Crippen LogP contribution >= 0.6 is 23.5 Å². The highest BCUT2D eigenvalue weighted by molar-refractivity contribution is 8.06. The predicted octanol–water partition coefficient (Wildman–Crippen LogP) is 1.20. The van der Waals surface area contributed by atoms with Gasteiger partial charge in [0.1, 0.15) is 0 Å². The van der Waals surface area contributed by atoms with Crippen molar-refractivity contribution in [2.75, 3.05) is 18.1 Å². The van der Waals surface area contributed by atoms with Gasteiger partial charge in [-0.3, -0.25) is 4.68 Å². The molecule has 2 unspecified atom stereocenters. The Labute approximate surface area is 125 Å². The Kier molecular flexibility index (Phi) is 4.27. The summed E-state index contributed by atoms with van der Waals surface area (Å²) >= 11 is 3.83. The maximum Gasteiger partial charge on any atom is 0.280 e. The minimum atomic E-state index is 0.283. The first-order chi connectivity index (χ1) is 9.78. The molecule has 0 aliphatic carbocycles. The van der Waals surface area contributed by atoms with Gasteiger partial charge in [-0.25, -0.2) is 0 Å². The monoisotopic (exact) mass is 312 g/mol. The van der Waals surface area contributed by atoms with Crippen LogP contribution in [0.3, 0.4) is 0 Å². The molecule has 0 bridgehead atoms. The van der Waals surface area contributed by atoms with E-state index in [2.05, 4.69) is 27.4 Å². The SMILES string of the molecule is CC1SCCSC1c1noc(-c2cn(CCN)nn2)n1. The molecule has 0 aromatic carbocycles. The third-order valence-electron chi connectivity index (χ3n) is 3.00. The van der Waals surface area contributed by atoms with Crippen molar-refractivity contribution in [3.63, 3.8) is 0 Å². The Morgan fingerprint density at radius 2 is 2.30 bits per heavy atom. The molecule has 3 heterocycles. The Hall–Kier alpha value is -1.06. The van der Waals surface area contributed by atoms with E-state index in [1.54, 1.807) is 10.9 Å². The Morgan fingerprint density at radius 1 is 1.45 bits per heavy atom. The van der Waals surface area contributed by atoms with Gasteiger partial charge in [0, 0.05) is 23.3 Å². The molecule has 0 amide bonds. The summed E-state index contributed by atoms with van der Waals surface area (Å²) < 4.78 is 6.99. The van der Waals surface area contributed by atoms with Crippen LogP contribution in [0.2, 0.25) is 0 Å². The summed E-state index contributed by atoms with van der Waals surface area (Å²) in [5.74, 6) is 3.47. The highest BCUT2D eigenvalue weighted by Crippen LogP contribution is 2.41. The van der Waals surface area contributed by atoms with E-state index in [-0.39, 0.29) is 5.25 Å². The molecule has 7 nitrogen and oxygen atoms in total. The molecular formula is C11H16N6OS2. The summed E-state index contributed by atoms with van der Waals surface area (Å²) in [6.45, 7) is 3.35. The van der Waals surface area contributed by atoms with E-state index in [1.807, 2.05) is 23.5 Å². The lowest BCUT2D eigenvalue weighted by Crippen LogP contribution is -2.16. The van der Waals surface area contributed by atoms with Crippen LogP contribution in [0.25, 0.3) is 11.6 Å². The van der Waals surface area contributed by atoms with E-state index in [9.17, 15) is 0 Å². The number of nitrogens with two attached hydrogens (primary N) is 1. The molecule has 3 rings (SSSR count). The van der Waals surface area contributed by atoms with Gasteiger partial charge in [0.2, 0.25) is 0 Å². The second-order valence-corrected chi connectivity index (χ2v) is 7.22. The molecule has 2 aromatic heterocycles. The van der Waals surface area contributed by atoms with Gasteiger partial charge in [0.15, 0.2) is 11.5 Å². The molecular weight excluding hydrogens is 296 g/mol. The van der Waals surface area contributed by atoms with E-state index < -0.39 is 0 Å². The Bertz CT molecular complexity index is 571. The molecule has 1 aliphatic rings. The van der Waals surface area contributed by atoms with Gasteiger partial charge in [0.25, 0.3) is 5.89 Å². The largest absolute Gasteiger partial charge is 0.332 e. The van der Waals surface area contributed by atoms with Crippen LogP contribution < -0.4 is 5.73 Å². The summed E-state index contributed by atoms with van der Waals surface area (Å²) in [7, 11) is 0. The quantitative estimate of drug-likeness (QED) is 0.899. The zero-order chi connectivity index (χ0) is 13.9. The molecule has 9 heteroatoms. The molecule has 20 heavy (non-hydrogen) atoms. The van der Waals surface area contributed by atoms with Gasteiger partial charge in [-0.15, -0.1) is 16.9 Å². The molecule has 1 fully saturated rings. The number of aromatic nitrogens is 5. The number of nitrogens with zero attached hydrogens (tertiary/aromatic N) is 5. The standard InChI is InChI=1S/C11H16N6OS2/c1-7-9(20-5-4-19-7)10-13-11(18-15-10)8-6-17(3-2-12)16-14-8/h6-7,9H,2-5,12H2,1H3. The Balaban J connectivity index is 1.78. The van der Waals surface area contributed by atoms with Crippen LogP contribution in [0.1, 0.15) is 18.0 Å². The van der Waals surface area contributed by atoms with E-state index in [0.29, 0.717) is 29.9 Å². The summed E-state index contributed by atoms with van der Waals surface area (Å²) in [6, 6.07) is 0. The maximum absolute atomic E-state index is 5.48. The summed E-state index contributed by atoms with van der Waals surface area (Å²) in [5, 5.41) is 12.9. The number of hydrogen-bond donors (Lipinski definition) is 1. The molecule has 2 N–H and O–H groups in total. The van der Waals surface area contributed by atoms with Gasteiger partial charge in [-0.05, 0) is 0 Å². The zero-order valence-corrected chi connectivity index (χ0v) is 12.7. The average molecular weight is 312 g/mol. The van der Waals surface area contributed by atoms with Crippen molar-refractivity contribution in [1.29, 1.82) is 0 Å². The molecule has 0 spiro atoms. The van der Waals surface area contributed by atoms with Gasteiger partial charge in [-0.1, -0.05) is 17.3 Å². The number of hydrogen-bond acceptors (Lipinski definition) is 8. The number of thioether (sulfide) groups is 2. The van der Waals surface area contributed by atoms with E-state index in [4.69, 9.17) is 10.3 Å². The molecule has 2 atom stereocenters. The normalized spacial score (nSPS) is 23.1. The van der Waals surface area contributed by atoms with Crippen molar-refractivity contribution in [3.8, 4) is 11.6 Å². The third-order valence-corrected chi connectivity index (χ3v) is 6.09. The van der Waals surface area contributed by atoms with Crippen molar-refractivity contribution >= 4 is 23.5 Å². The van der Waals surface area contributed by atoms with Crippen LogP contribution in [0, 0.1) is 0 Å². The van der Waals surface area contributed by atoms with Crippen LogP contribution in [0.5, 0.6) is 0 Å².